The largest absolute Gasteiger partial charge is 0.269 e. The lowest BCUT2D eigenvalue weighted by atomic mass is 10.5. The van der Waals surface area contributed by atoms with Gasteiger partial charge < -0.3 is 0 Å². The maximum Gasteiger partial charge on any atom is 0.0221 e. The standard InChI is InChI=1S/C6H11N/c1-3-5-7-6-4-2/h3,5-6H,4H2,1-2H3/b5-3-,7-6-. The van der Waals surface area contributed by atoms with Gasteiger partial charge in [-0.05, 0) is 13.3 Å². The van der Waals surface area contributed by atoms with E-state index in [2.05, 4.69) is 11.9 Å². The lowest BCUT2D eigenvalue weighted by molar-refractivity contribution is 1.31. The van der Waals surface area contributed by atoms with Crippen molar-refractivity contribution in [3.8, 4) is 0 Å². The smallest absolute Gasteiger partial charge is 0.0221 e. The number of hydrogen-bond acceptors (Lipinski definition) is 1. The van der Waals surface area contributed by atoms with Crippen molar-refractivity contribution < 1.29 is 0 Å². The summed E-state index contributed by atoms with van der Waals surface area (Å²) < 4.78 is 0. The molecule has 0 aliphatic rings. The van der Waals surface area contributed by atoms with Crippen molar-refractivity contribution in [3.05, 3.63) is 12.3 Å². The Morgan fingerprint density at radius 1 is 1.57 bits per heavy atom. The van der Waals surface area contributed by atoms with Gasteiger partial charge in [0.2, 0.25) is 0 Å². The van der Waals surface area contributed by atoms with Crippen LogP contribution in [0.15, 0.2) is 17.3 Å². The van der Waals surface area contributed by atoms with Gasteiger partial charge in [-0.25, -0.2) is 0 Å². The first kappa shape index (κ1) is 6.41. The van der Waals surface area contributed by atoms with Gasteiger partial charge in [-0.1, -0.05) is 13.0 Å². The van der Waals surface area contributed by atoms with Crippen molar-refractivity contribution >= 4 is 6.21 Å². The highest BCUT2D eigenvalue weighted by atomic mass is 14.6. The van der Waals surface area contributed by atoms with Gasteiger partial charge >= 0.3 is 0 Å². The first-order valence-corrected chi connectivity index (χ1v) is 2.54. The molecule has 0 rings (SSSR count). The molecule has 0 aromatic carbocycles. The minimum atomic E-state index is 1.02. The maximum absolute atomic E-state index is 3.90. The van der Waals surface area contributed by atoms with Crippen LogP contribution in [-0.2, 0) is 0 Å². The summed E-state index contributed by atoms with van der Waals surface area (Å²) in [5, 5.41) is 0. The van der Waals surface area contributed by atoms with Crippen molar-refractivity contribution in [1.82, 2.24) is 0 Å². The molecule has 0 aromatic rings. The summed E-state index contributed by atoms with van der Waals surface area (Å²) in [5.74, 6) is 0. The summed E-state index contributed by atoms with van der Waals surface area (Å²) in [5.41, 5.74) is 0. The van der Waals surface area contributed by atoms with E-state index >= 15 is 0 Å². The molecule has 0 aliphatic carbocycles. The van der Waals surface area contributed by atoms with Crippen LogP contribution in [-0.4, -0.2) is 6.21 Å². The van der Waals surface area contributed by atoms with Crippen LogP contribution < -0.4 is 0 Å². The van der Waals surface area contributed by atoms with Crippen molar-refractivity contribution in [1.29, 1.82) is 0 Å². The zero-order chi connectivity index (χ0) is 5.54. The van der Waals surface area contributed by atoms with Gasteiger partial charge in [-0.2, -0.15) is 0 Å². The lowest BCUT2D eigenvalue weighted by Gasteiger charge is -1.71. The van der Waals surface area contributed by atoms with Crippen molar-refractivity contribution in [2.75, 3.05) is 0 Å². The van der Waals surface area contributed by atoms with Crippen LogP contribution in [0.3, 0.4) is 0 Å². The van der Waals surface area contributed by atoms with E-state index in [4.69, 9.17) is 0 Å². The Morgan fingerprint density at radius 3 is 2.71 bits per heavy atom. The lowest BCUT2D eigenvalue weighted by Crippen LogP contribution is -1.61. The molecule has 0 radical (unpaired) electrons. The van der Waals surface area contributed by atoms with Crippen molar-refractivity contribution in [2.45, 2.75) is 20.3 Å². The van der Waals surface area contributed by atoms with Gasteiger partial charge in [-0.3, -0.25) is 4.99 Å². The highest BCUT2D eigenvalue weighted by Gasteiger charge is 1.58. The highest BCUT2D eigenvalue weighted by Crippen LogP contribution is 1.72. The second-order valence-corrected chi connectivity index (χ2v) is 1.22. The predicted molar refractivity (Wildman–Crippen MR) is 33.6 cm³/mol. The van der Waals surface area contributed by atoms with Crippen LogP contribution in [0.1, 0.15) is 20.3 Å². The Labute approximate surface area is 44.8 Å². The molecule has 0 bridgehead atoms. The minimum Gasteiger partial charge on any atom is -0.269 e. The molecule has 0 fully saturated rings. The monoisotopic (exact) mass is 97.1 g/mol. The summed E-state index contributed by atoms with van der Waals surface area (Å²) in [6, 6.07) is 0. The molecule has 1 heteroatoms. The summed E-state index contributed by atoms with van der Waals surface area (Å²) in [4.78, 5) is 3.90. The van der Waals surface area contributed by atoms with E-state index in [1.54, 1.807) is 6.20 Å². The third-order valence-corrected chi connectivity index (χ3v) is 0.523. The molecular formula is C6H11N. The average molecular weight is 97.2 g/mol. The van der Waals surface area contributed by atoms with E-state index in [1.165, 1.54) is 0 Å². The molecule has 0 atom stereocenters. The van der Waals surface area contributed by atoms with Crippen LogP contribution in [0.25, 0.3) is 0 Å². The van der Waals surface area contributed by atoms with Crippen LogP contribution in [0.4, 0.5) is 0 Å². The Morgan fingerprint density at radius 2 is 2.29 bits per heavy atom. The number of rotatable bonds is 2. The SMILES string of the molecule is C/C=C\N=C/CC. The molecule has 0 aliphatic heterocycles. The molecule has 0 unspecified atom stereocenters. The fourth-order valence-corrected chi connectivity index (χ4v) is 0.252. The number of nitrogens with zero attached hydrogens (tertiary/aromatic N) is 1. The molecule has 1 nitrogen and oxygen atoms in total. The molecule has 0 aromatic heterocycles. The number of aliphatic imine (C=N–C) groups is 1. The fraction of sp³-hybridized carbons (Fsp3) is 0.500. The van der Waals surface area contributed by atoms with Crippen LogP contribution >= 0.6 is 0 Å². The topological polar surface area (TPSA) is 12.4 Å². The van der Waals surface area contributed by atoms with Crippen LogP contribution in [0, 0.1) is 0 Å². The minimum absolute atomic E-state index is 1.02. The maximum atomic E-state index is 3.90. The molecule has 40 valence electrons. The molecule has 0 saturated carbocycles. The predicted octanol–water partition coefficient (Wildman–Crippen LogP) is 2.00. The normalized spacial score (nSPS) is 11.7. The fourth-order valence-electron chi connectivity index (χ4n) is 0.252. The second-order valence-electron chi connectivity index (χ2n) is 1.22. The summed E-state index contributed by atoms with van der Waals surface area (Å²) in [6.45, 7) is 4.01. The van der Waals surface area contributed by atoms with E-state index in [9.17, 15) is 0 Å². The molecule has 0 saturated heterocycles. The van der Waals surface area contributed by atoms with Gasteiger partial charge in [0.15, 0.2) is 0 Å². The molecule has 0 heterocycles. The van der Waals surface area contributed by atoms with E-state index in [0.717, 1.165) is 6.42 Å². The summed E-state index contributed by atoms with van der Waals surface area (Å²) in [7, 11) is 0. The van der Waals surface area contributed by atoms with E-state index < -0.39 is 0 Å². The second kappa shape index (κ2) is 5.41. The van der Waals surface area contributed by atoms with Gasteiger partial charge in [0.25, 0.3) is 0 Å². The number of allylic oxidation sites excluding steroid dienone is 1. The molecule has 7 heavy (non-hydrogen) atoms. The molecule has 0 spiro atoms. The zero-order valence-corrected chi connectivity index (χ0v) is 4.89. The van der Waals surface area contributed by atoms with E-state index in [0.29, 0.717) is 0 Å². The van der Waals surface area contributed by atoms with Crippen LogP contribution in [0.5, 0.6) is 0 Å². The third-order valence-electron chi connectivity index (χ3n) is 0.523. The van der Waals surface area contributed by atoms with Gasteiger partial charge in [0.1, 0.15) is 0 Å². The Hall–Kier alpha value is -0.590. The Bertz CT molecular complexity index is 72.2. The van der Waals surface area contributed by atoms with Gasteiger partial charge in [-0.15, -0.1) is 0 Å². The van der Waals surface area contributed by atoms with Gasteiger partial charge in [0, 0.05) is 12.4 Å². The molecule has 0 N–H and O–H groups in total. The quantitative estimate of drug-likeness (QED) is 0.467. The van der Waals surface area contributed by atoms with Crippen LogP contribution in [0.2, 0.25) is 0 Å². The van der Waals surface area contributed by atoms with Gasteiger partial charge in [0.05, 0.1) is 0 Å². The Kier molecular flexibility index (Phi) is 4.95. The molecule has 0 amide bonds. The first-order chi connectivity index (χ1) is 3.41. The van der Waals surface area contributed by atoms with E-state index in [-0.39, 0.29) is 0 Å². The molecular weight excluding hydrogens is 86.1 g/mol. The summed E-state index contributed by atoms with van der Waals surface area (Å²) >= 11 is 0. The Balaban J connectivity index is 3.09. The highest BCUT2D eigenvalue weighted by molar-refractivity contribution is 5.57. The van der Waals surface area contributed by atoms with Crippen molar-refractivity contribution in [2.24, 2.45) is 4.99 Å². The van der Waals surface area contributed by atoms with Crippen molar-refractivity contribution in [3.63, 3.8) is 0 Å². The number of hydrogen-bond donors (Lipinski definition) is 0. The summed E-state index contributed by atoms with van der Waals surface area (Å²) in [6.07, 6.45) is 6.58. The van der Waals surface area contributed by atoms with E-state index in [1.807, 2.05) is 19.2 Å². The average Bonchev–Trinajstić information content (AvgIpc) is 1.69. The third kappa shape index (κ3) is 5.41. The first-order valence-electron chi connectivity index (χ1n) is 2.54. The zero-order valence-electron chi connectivity index (χ0n) is 4.89.